The normalized spacial score (nSPS) is 19.5. The van der Waals surface area contributed by atoms with Gasteiger partial charge in [-0.1, -0.05) is 280 Å². The maximum Gasteiger partial charge on any atom is 0.220 e. The average Bonchev–Trinajstić information content (AvgIpc) is 3.39. The van der Waals surface area contributed by atoms with Crippen molar-refractivity contribution in [3.8, 4) is 0 Å². The number of unbranched alkanes of at least 4 members (excludes halogenated alkanes) is 33. The van der Waals surface area contributed by atoms with Gasteiger partial charge in [0.05, 0.1) is 25.4 Å². The summed E-state index contributed by atoms with van der Waals surface area (Å²) in [4.78, 5) is 13.1. The van der Waals surface area contributed by atoms with Crippen LogP contribution in [0.1, 0.15) is 284 Å². The Hall–Kier alpha value is -2.11. The average molecular weight is 1030 g/mol. The Bertz CT molecular complexity index is 1330. The number of allylic oxidation sites excluding steroid dienone is 10. The van der Waals surface area contributed by atoms with Gasteiger partial charge in [-0.15, -0.1) is 0 Å². The molecule has 0 aromatic carbocycles. The van der Waals surface area contributed by atoms with Gasteiger partial charge in [-0.3, -0.25) is 4.79 Å². The summed E-state index contributed by atoms with van der Waals surface area (Å²) in [6.45, 7) is 3.75. The zero-order valence-corrected chi connectivity index (χ0v) is 47.4. The summed E-state index contributed by atoms with van der Waals surface area (Å²) in [6, 6.07) is -0.721. The standard InChI is InChI=1S/C64H117NO8/c1-3-5-7-9-11-13-15-17-19-21-23-24-25-26-27-28-29-30-31-32-33-34-36-38-40-42-44-46-48-50-52-54-60(68)65-57(56-72-64-63(71)62(70)61(69)59(55-66)73-64)58(67)53-51-49-47-45-43-41-39-37-35-22-20-18-16-14-12-10-8-6-4-2/h5,7,11,13,17,19,23-24,26-27,57-59,61-64,66-67,69-71H,3-4,6,8-10,12,14-16,18,20-22,25,28-56H2,1-2H3,(H,65,68)/b7-5-,13-11-,19-17-,24-23-,27-26-. The van der Waals surface area contributed by atoms with Crippen LogP contribution in [0.5, 0.6) is 0 Å². The highest BCUT2D eigenvalue weighted by Crippen LogP contribution is 2.23. The molecule has 7 unspecified atom stereocenters. The fourth-order valence-electron chi connectivity index (χ4n) is 9.78. The Morgan fingerprint density at radius 3 is 1.26 bits per heavy atom. The van der Waals surface area contributed by atoms with E-state index in [9.17, 15) is 30.3 Å². The molecule has 1 aliphatic rings. The summed E-state index contributed by atoms with van der Waals surface area (Å²) >= 11 is 0. The molecule has 9 heteroatoms. The number of carbonyl (C=O) groups excluding carboxylic acids is 1. The molecule has 1 fully saturated rings. The maximum atomic E-state index is 13.1. The van der Waals surface area contributed by atoms with Crippen LogP contribution in [0.15, 0.2) is 60.8 Å². The highest BCUT2D eigenvalue weighted by molar-refractivity contribution is 5.76. The molecule has 0 bridgehead atoms. The van der Waals surface area contributed by atoms with Crippen molar-refractivity contribution in [2.75, 3.05) is 13.2 Å². The van der Waals surface area contributed by atoms with E-state index in [1.165, 1.54) is 186 Å². The van der Waals surface area contributed by atoms with Gasteiger partial charge >= 0.3 is 0 Å². The van der Waals surface area contributed by atoms with Gasteiger partial charge in [-0.25, -0.2) is 0 Å². The first-order valence-corrected chi connectivity index (χ1v) is 31.0. The van der Waals surface area contributed by atoms with E-state index in [-0.39, 0.29) is 12.5 Å². The first-order chi connectivity index (χ1) is 35.8. The van der Waals surface area contributed by atoms with Gasteiger partial charge in [0, 0.05) is 6.42 Å². The van der Waals surface area contributed by atoms with Gasteiger partial charge in [0.1, 0.15) is 24.4 Å². The Morgan fingerprint density at radius 2 is 0.849 bits per heavy atom. The third kappa shape index (κ3) is 42.7. The van der Waals surface area contributed by atoms with Crippen LogP contribution in [0.3, 0.4) is 0 Å². The molecule has 0 aromatic rings. The third-order valence-corrected chi connectivity index (χ3v) is 14.6. The van der Waals surface area contributed by atoms with Crippen molar-refractivity contribution in [3.63, 3.8) is 0 Å². The van der Waals surface area contributed by atoms with Gasteiger partial charge < -0.3 is 40.3 Å². The lowest BCUT2D eigenvalue weighted by atomic mass is 9.99. The second kappa shape index (κ2) is 53.3. The number of aliphatic hydroxyl groups excluding tert-OH is 5. The lowest BCUT2D eigenvalue weighted by Crippen LogP contribution is -2.60. The molecule has 73 heavy (non-hydrogen) atoms. The van der Waals surface area contributed by atoms with Crippen molar-refractivity contribution in [1.29, 1.82) is 0 Å². The van der Waals surface area contributed by atoms with Crippen molar-refractivity contribution in [2.45, 2.75) is 326 Å². The molecule has 1 heterocycles. The number of nitrogens with one attached hydrogen (secondary N) is 1. The minimum atomic E-state index is -1.55. The first kappa shape index (κ1) is 68.9. The van der Waals surface area contributed by atoms with Gasteiger partial charge in [0.15, 0.2) is 6.29 Å². The molecular formula is C64H117NO8. The number of rotatable bonds is 53. The number of ether oxygens (including phenoxy) is 2. The fraction of sp³-hybridized carbons (Fsp3) is 0.828. The molecule has 0 aliphatic carbocycles. The zero-order chi connectivity index (χ0) is 52.9. The number of carbonyl (C=O) groups is 1. The lowest BCUT2D eigenvalue weighted by Gasteiger charge is -2.40. The Morgan fingerprint density at radius 1 is 0.479 bits per heavy atom. The van der Waals surface area contributed by atoms with E-state index in [0.717, 1.165) is 70.6 Å². The molecule has 9 nitrogen and oxygen atoms in total. The van der Waals surface area contributed by atoms with Gasteiger partial charge in [0.2, 0.25) is 5.91 Å². The topological polar surface area (TPSA) is 149 Å². The van der Waals surface area contributed by atoms with Crippen LogP contribution in [-0.2, 0) is 14.3 Å². The molecule has 426 valence electrons. The Labute approximate surface area is 449 Å². The van der Waals surface area contributed by atoms with Crippen LogP contribution in [0.4, 0.5) is 0 Å². The summed E-state index contributed by atoms with van der Waals surface area (Å²) in [6.07, 6.45) is 65.4. The van der Waals surface area contributed by atoms with Crippen LogP contribution in [-0.4, -0.2) is 87.5 Å². The monoisotopic (exact) mass is 1030 g/mol. The highest BCUT2D eigenvalue weighted by Gasteiger charge is 2.44. The predicted molar refractivity (Wildman–Crippen MR) is 309 cm³/mol. The Balaban J connectivity index is 2.15. The fourth-order valence-corrected chi connectivity index (χ4v) is 9.78. The largest absolute Gasteiger partial charge is 0.394 e. The number of hydrogen-bond donors (Lipinski definition) is 6. The van der Waals surface area contributed by atoms with Crippen LogP contribution >= 0.6 is 0 Å². The van der Waals surface area contributed by atoms with Crippen LogP contribution in [0.25, 0.3) is 0 Å². The van der Waals surface area contributed by atoms with Gasteiger partial charge in [0.25, 0.3) is 0 Å². The van der Waals surface area contributed by atoms with E-state index < -0.39 is 49.5 Å². The molecule has 1 rings (SSSR count). The van der Waals surface area contributed by atoms with Gasteiger partial charge in [-0.2, -0.15) is 0 Å². The summed E-state index contributed by atoms with van der Waals surface area (Å²) in [5.74, 6) is -0.143. The lowest BCUT2D eigenvalue weighted by molar-refractivity contribution is -0.302. The molecule has 0 radical (unpaired) electrons. The van der Waals surface area contributed by atoms with E-state index in [1.54, 1.807) is 0 Å². The number of amides is 1. The van der Waals surface area contributed by atoms with Crippen LogP contribution < -0.4 is 5.32 Å². The summed E-state index contributed by atoms with van der Waals surface area (Å²) in [7, 11) is 0. The second-order valence-corrected chi connectivity index (χ2v) is 21.5. The molecule has 0 saturated carbocycles. The third-order valence-electron chi connectivity index (χ3n) is 14.6. The second-order valence-electron chi connectivity index (χ2n) is 21.5. The maximum absolute atomic E-state index is 13.1. The predicted octanol–water partition coefficient (Wildman–Crippen LogP) is 15.9. The number of aliphatic hydroxyl groups is 5. The van der Waals surface area contributed by atoms with Crippen LogP contribution in [0, 0.1) is 0 Å². The van der Waals surface area contributed by atoms with E-state index in [4.69, 9.17) is 9.47 Å². The minimum Gasteiger partial charge on any atom is -0.394 e. The highest BCUT2D eigenvalue weighted by atomic mass is 16.7. The van der Waals surface area contributed by atoms with Crippen LogP contribution in [0.2, 0.25) is 0 Å². The quantitative estimate of drug-likeness (QED) is 0.0261. The summed E-state index contributed by atoms with van der Waals surface area (Å²) in [5.41, 5.74) is 0. The molecule has 6 N–H and O–H groups in total. The summed E-state index contributed by atoms with van der Waals surface area (Å²) < 4.78 is 11.3. The molecule has 1 saturated heterocycles. The first-order valence-electron chi connectivity index (χ1n) is 31.0. The smallest absolute Gasteiger partial charge is 0.220 e. The molecular weight excluding hydrogens is 911 g/mol. The minimum absolute atomic E-state index is 0.137. The van der Waals surface area contributed by atoms with E-state index in [1.807, 2.05) is 0 Å². The molecule has 7 atom stereocenters. The zero-order valence-electron chi connectivity index (χ0n) is 47.4. The Kier molecular flexibility index (Phi) is 50.3. The van der Waals surface area contributed by atoms with Gasteiger partial charge in [-0.05, 0) is 57.8 Å². The molecule has 0 spiro atoms. The summed E-state index contributed by atoms with van der Waals surface area (Å²) in [5, 5.41) is 54.8. The van der Waals surface area contributed by atoms with E-state index in [2.05, 4.69) is 79.9 Å². The van der Waals surface area contributed by atoms with E-state index in [0.29, 0.717) is 12.8 Å². The van der Waals surface area contributed by atoms with Crippen molar-refractivity contribution in [2.24, 2.45) is 0 Å². The molecule has 1 amide bonds. The van der Waals surface area contributed by atoms with Crippen molar-refractivity contribution < 1.29 is 39.8 Å². The van der Waals surface area contributed by atoms with Crippen molar-refractivity contribution >= 4 is 5.91 Å². The molecule has 1 aliphatic heterocycles. The van der Waals surface area contributed by atoms with E-state index >= 15 is 0 Å². The SMILES string of the molecule is CC/C=C\C/C=C\C/C=C\C/C=C\C/C=C\CCCCCCCCCCCCCCCCCC(=O)NC(COC1OC(CO)C(O)C(O)C1O)C(O)CCCCCCCCCCCCCCCCCCCCC. The molecule has 0 aromatic heterocycles. The number of hydrogen-bond acceptors (Lipinski definition) is 8. The van der Waals surface area contributed by atoms with Crippen molar-refractivity contribution in [3.05, 3.63) is 60.8 Å². The van der Waals surface area contributed by atoms with Crippen molar-refractivity contribution in [1.82, 2.24) is 5.32 Å².